The maximum absolute atomic E-state index is 12.0. The molecule has 1 saturated heterocycles. The van der Waals surface area contributed by atoms with Gasteiger partial charge in [0.05, 0.1) is 13.1 Å². The van der Waals surface area contributed by atoms with Crippen molar-refractivity contribution in [1.82, 2.24) is 10.2 Å². The average molecular weight is 348 g/mol. The maximum Gasteiger partial charge on any atom is 0.303 e. The van der Waals surface area contributed by atoms with Crippen LogP contribution in [0.2, 0.25) is 0 Å². The Kier molecular flexibility index (Phi) is 7.73. The fourth-order valence-electron chi connectivity index (χ4n) is 3.18. The van der Waals surface area contributed by atoms with E-state index in [0.717, 1.165) is 37.2 Å². The molecule has 1 heterocycles. The van der Waals surface area contributed by atoms with E-state index in [1.165, 1.54) is 0 Å². The van der Waals surface area contributed by atoms with Gasteiger partial charge in [0.15, 0.2) is 0 Å². The fraction of sp³-hybridized carbons (Fsp3) is 0.579. The third-order valence-electron chi connectivity index (χ3n) is 4.42. The second kappa shape index (κ2) is 10.0. The fourth-order valence-corrected chi connectivity index (χ4v) is 3.18. The number of benzene rings is 1. The van der Waals surface area contributed by atoms with Crippen molar-refractivity contribution in [3.63, 3.8) is 0 Å². The van der Waals surface area contributed by atoms with E-state index < -0.39 is 5.97 Å². The third-order valence-corrected chi connectivity index (χ3v) is 4.42. The zero-order valence-electron chi connectivity index (χ0n) is 14.9. The van der Waals surface area contributed by atoms with Crippen molar-refractivity contribution in [1.29, 1.82) is 0 Å². The zero-order valence-corrected chi connectivity index (χ0v) is 14.9. The van der Waals surface area contributed by atoms with Crippen molar-refractivity contribution >= 4 is 11.9 Å². The van der Waals surface area contributed by atoms with Crippen LogP contribution in [0.25, 0.3) is 0 Å². The minimum absolute atomic E-state index is 0.00766. The summed E-state index contributed by atoms with van der Waals surface area (Å²) in [5.41, 5.74) is 1.14. The van der Waals surface area contributed by atoms with E-state index in [-0.39, 0.29) is 12.3 Å². The number of piperidine rings is 1. The number of amides is 1. The molecule has 1 amide bonds. The minimum Gasteiger partial charge on any atom is -0.492 e. The van der Waals surface area contributed by atoms with Crippen molar-refractivity contribution in [2.45, 2.75) is 32.6 Å². The number of aliphatic carboxylic acids is 1. The number of rotatable bonds is 9. The summed E-state index contributed by atoms with van der Waals surface area (Å²) in [6.07, 6.45) is 2.97. The number of ether oxygens (including phenoxy) is 1. The Balaban J connectivity index is 1.61. The quantitative estimate of drug-likeness (QED) is 0.668. The third kappa shape index (κ3) is 7.56. The molecule has 0 spiro atoms. The number of carbonyl (C=O) groups excluding carboxylic acids is 1. The number of likely N-dealkylation sites (tertiary alicyclic amines) is 1. The second-order valence-electron chi connectivity index (χ2n) is 6.69. The van der Waals surface area contributed by atoms with Gasteiger partial charge < -0.3 is 15.2 Å². The summed E-state index contributed by atoms with van der Waals surface area (Å²) in [5, 5.41) is 11.7. The molecule has 1 fully saturated rings. The number of nitrogens with zero attached hydrogens (tertiary/aromatic N) is 1. The van der Waals surface area contributed by atoms with E-state index in [4.69, 9.17) is 9.84 Å². The highest BCUT2D eigenvalue weighted by atomic mass is 16.5. The number of hydrogen-bond donors (Lipinski definition) is 2. The molecule has 1 aliphatic rings. The lowest BCUT2D eigenvalue weighted by Gasteiger charge is -2.32. The Morgan fingerprint density at radius 3 is 3.00 bits per heavy atom. The molecule has 1 atom stereocenters. The van der Waals surface area contributed by atoms with Gasteiger partial charge in [-0.3, -0.25) is 14.5 Å². The van der Waals surface area contributed by atoms with Crippen LogP contribution < -0.4 is 10.1 Å². The van der Waals surface area contributed by atoms with Gasteiger partial charge in [0.1, 0.15) is 12.4 Å². The first-order valence-corrected chi connectivity index (χ1v) is 8.93. The summed E-state index contributed by atoms with van der Waals surface area (Å²) in [6.45, 7) is 5.00. The summed E-state index contributed by atoms with van der Waals surface area (Å²) in [5.74, 6) is 0.434. The Labute approximate surface area is 149 Å². The van der Waals surface area contributed by atoms with Crippen molar-refractivity contribution in [3.05, 3.63) is 29.8 Å². The van der Waals surface area contributed by atoms with Crippen LogP contribution in [-0.4, -0.2) is 54.7 Å². The first-order chi connectivity index (χ1) is 12.0. The zero-order chi connectivity index (χ0) is 18.1. The average Bonchev–Trinajstić information content (AvgIpc) is 2.57. The summed E-state index contributed by atoms with van der Waals surface area (Å²) >= 11 is 0. The maximum atomic E-state index is 12.0. The summed E-state index contributed by atoms with van der Waals surface area (Å²) in [4.78, 5) is 24.8. The Hall–Kier alpha value is -2.08. The van der Waals surface area contributed by atoms with E-state index in [9.17, 15) is 9.59 Å². The topological polar surface area (TPSA) is 78.9 Å². The van der Waals surface area contributed by atoms with Crippen LogP contribution in [0.3, 0.4) is 0 Å². The molecule has 1 aromatic carbocycles. The first kappa shape index (κ1) is 19.2. The molecule has 1 aliphatic heterocycles. The van der Waals surface area contributed by atoms with Gasteiger partial charge in [-0.2, -0.15) is 0 Å². The number of nitrogens with one attached hydrogen (secondary N) is 1. The molecule has 25 heavy (non-hydrogen) atoms. The van der Waals surface area contributed by atoms with Gasteiger partial charge in [-0.15, -0.1) is 0 Å². The van der Waals surface area contributed by atoms with Crippen LogP contribution in [0.5, 0.6) is 5.75 Å². The summed E-state index contributed by atoms with van der Waals surface area (Å²) in [7, 11) is 0. The highest BCUT2D eigenvalue weighted by Gasteiger charge is 2.21. The lowest BCUT2D eigenvalue weighted by atomic mass is 9.93. The van der Waals surface area contributed by atoms with Crippen LogP contribution in [0.15, 0.2) is 24.3 Å². The van der Waals surface area contributed by atoms with E-state index >= 15 is 0 Å². The van der Waals surface area contributed by atoms with Crippen molar-refractivity contribution in [3.8, 4) is 5.75 Å². The van der Waals surface area contributed by atoms with Crippen LogP contribution >= 0.6 is 0 Å². The number of carboxylic acid groups (broad SMARTS) is 1. The molecule has 0 aromatic heterocycles. The smallest absolute Gasteiger partial charge is 0.303 e. The second-order valence-corrected chi connectivity index (χ2v) is 6.69. The molecule has 1 unspecified atom stereocenters. The highest BCUT2D eigenvalue weighted by Crippen LogP contribution is 2.20. The predicted molar refractivity (Wildman–Crippen MR) is 95.7 cm³/mol. The molecule has 6 heteroatoms. The van der Waals surface area contributed by atoms with Gasteiger partial charge in [0.25, 0.3) is 0 Å². The normalized spacial score (nSPS) is 17.9. The Morgan fingerprint density at radius 2 is 2.24 bits per heavy atom. The molecule has 6 nitrogen and oxygen atoms in total. The largest absolute Gasteiger partial charge is 0.492 e. The molecule has 0 radical (unpaired) electrons. The van der Waals surface area contributed by atoms with E-state index in [0.29, 0.717) is 32.0 Å². The lowest BCUT2D eigenvalue weighted by molar-refractivity contribution is -0.137. The number of hydrogen-bond acceptors (Lipinski definition) is 4. The lowest BCUT2D eigenvalue weighted by Crippen LogP contribution is -2.43. The first-order valence-electron chi connectivity index (χ1n) is 8.93. The summed E-state index contributed by atoms with van der Waals surface area (Å²) < 4.78 is 5.61. The molecule has 2 rings (SSSR count). The predicted octanol–water partition coefficient (Wildman–Crippen LogP) is 2.07. The van der Waals surface area contributed by atoms with E-state index in [1.54, 1.807) is 0 Å². The molecule has 2 N–H and O–H groups in total. The monoisotopic (exact) mass is 348 g/mol. The van der Waals surface area contributed by atoms with Gasteiger partial charge in [-0.25, -0.2) is 0 Å². The van der Waals surface area contributed by atoms with Crippen LogP contribution in [-0.2, 0) is 9.59 Å². The van der Waals surface area contributed by atoms with Gasteiger partial charge in [0.2, 0.25) is 5.91 Å². The van der Waals surface area contributed by atoms with Crippen LogP contribution in [0, 0.1) is 12.8 Å². The Bertz CT molecular complexity index is 576. The van der Waals surface area contributed by atoms with Crippen molar-refractivity contribution in [2.75, 3.05) is 32.8 Å². The highest BCUT2D eigenvalue weighted by molar-refractivity contribution is 5.78. The SMILES string of the molecule is Cc1cccc(OCCNC(=O)CN2CCCC(CCC(=O)O)C2)c1. The molecule has 138 valence electrons. The van der Waals surface area contributed by atoms with Gasteiger partial charge in [0, 0.05) is 13.0 Å². The van der Waals surface area contributed by atoms with Gasteiger partial charge in [-0.05, 0) is 56.3 Å². The van der Waals surface area contributed by atoms with Crippen molar-refractivity contribution in [2.24, 2.45) is 5.92 Å². The summed E-state index contributed by atoms with van der Waals surface area (Å²) in [6, 6.07) is 7.82. The van der Waals surface area contributed by atoms with Gasteiger partial charge in [-0.1, -0.05) is 12.1 Å². The van der Waals surface area contributed by atoms with Crippen LogP contribution in [0.1, 0.15) is 31.2 Å². The number of carboxylic acids is 1. The van der Waals surface area contributed by atoms with E-state index in [2.05, 4.69) is 10.2 Å². The molecular formula is C19H28N2O4. The standard InChI is InChI=1S/C19H28N2O4/c1-15-4-2-6-17(12-15)25-11-9-20-18(22)14-21-10-3-5-16(13-21)7-8-19(23)24/h2,4,6,12,16H,3,5,7-11,13-14H2,1H3,(H,20,22)(H,23,24). The molecule has 1 aromatic rings. The number of carbonyl (C=O) groups is 2. The molecule has 0 bridgehead atoms. The number of aryl methyl sites for hydroxylation is 1. The molecule has 0 saturated carbocycles. The van der Waals surface area contributed by atoms with Crippen molar-refractivity contribution < 1.29 is 19.4 Å². The minimum atomic E-state index is -0.747. The molecular weight excluding hydrogens is 320 g/mol. The van der Waals surface area contributed by atoms with Crippen LogP contribution in [0.4, 0.5) is 0 Å². The van der Waals surface area contributed by atoms with E-state index in [1.807, 2.05) is 31.2 Å². The molecule has 0 aliphatic carbocycles. The Morgan fingerprint density at radius 1 is 1.40 bits per heavy atom. The van der Waals surface area contributed by atoms with Gasteiger partial charge >= 0.3 is 5.97 Å².